The zero-order valence-electron chi connectivity index (χ0n) is 15.6. The van der Waals surface area contributed by atoms with E-state index in [1.807, 2.05) is 30.3 Å². The summed E-state index contributed by atoms with van der Waals surface area (Å²) in [6.45, 7) is 2.09. The van der Waals surface area contributed by atoms with Gasteiger partial charge in [-0.25, -0.2) is 0 Å². The van der Waals surface area contributed by atoms with Crippen LogP contribution < -0.4 is 10.1 Å². The summed E-state index contributed by atoms with van der Waals surface area (Å²) in [7, 11) is 1.66. The largest absolute Gasteiger partial charge is 0.508 e. The van der Waals surface area contributed by atoms with Crippen molar-refractivity contribution < 1.29 is 9.84 Å². The molecule has 1 aliphatic rings. The monoisotopic (exact) mass is 412 g/mol. The first kappa shape index (κ1) is 19.0. The topological polar surface area (TPSA) is 53.8 Å². The van der Waals surface area contributed by atoms with Crippen LogP contribution in [0.15, 0.2) is 58.9 Å². The van der Waals surface area contributed by atoms with Gasteiger partial charge < -0.3 is 9.84 Å². The van der Waals surface area contributed by atoms with E-state index in [4.69, 9.17) is 21.3 Å². The molecule has 0 bridgehead atoms. The maximum absolute atomic E-state index is 10.4. The highest BCUT2D eigenvalue weighted by Crippen LogP contribution is 2.37. The van der Waals surface area contributed by atoms with Crippen molar-refractivity contribution in [3.63, 3.8) is 0 Å². The van der Waals surface area contributed by atoms with Gasteiger partial charge in [0.15, 0.2) is 0 Å². The Kier molecular flexibility index (Phi) is 5.40. The molecule has 0 unspecified atom stereocenters. The van der Waals surface area contributed by atoms with Gasteiger partial charge in [0.1, 0.15) is 17.7 Å². The second-order valence-corrected chi connectivity index (χ2v) is 8.19. The number of phenols is 1. The first-order valence-electron chi connectivity index (χ1n) is 9.04. The van der Waals surface area contributed by atoms with Crippen LogP contribution in [-0.2, 0) is 0 Å². The number of aromatic hydroxyl groups is 1. The number of methoxy groups -OCH3 is 1. The first-order valence-corrected chi connectivity index (χ1v) is 10.3. The minimum absolute atomic E-state index is 0.0974. The van der Waals surface area contributed by atoms with E-state index in [1.54, 1.807) is 30.6 Å². The molecule has 0 saturated heterocycles. The van der Waals surface area contributed by atoms with Crippen LogP contribution in [0.5, 0.6) is 11.5 Å². The molecule has 3 aromatic rings. The van der Waals surface area contributed by atoms with Gasteiger partial charge in [-0.15, -0.1) is 11.3 Å². The number of rotatable bonds is 4. The highest BCUT2D eigenvalue weighted by atomic mass is 35.5. The summed E-state index contributed by atoms with van der Waals surface area (Å²) in [4.78, 5) is 6.18. The molecule has 1 aliphatic heterocycles. The molecule has 0 spiro atoms. The molecule has 0 fully saturated rings. The van der Waals surface area contributed by atoms with Crippen molar-refractivity contribution in [3.8, 4) is 11.5 Å². The number of hydrogen-bond acceptors (Lipinski definition) is 5. The second-order valence-electron chi connectivity index (χ2n) is 6.80. The molecule has 2 atom stereocenters. The van der Waals surface area contributed by atoms with Crippen LogP contribution in [0.2, 0.25) is 5.02 Å². The highest BCUT2D eigenvalue weighted by molar-refractivity contribution is 7.10. The lowest BCUT2D eigenvalue weighted by Gasteiger charge is -2.30. The summed E-state index contributed by atoms with van der Waals surface area (Å²) in [5, 5.41) is 16.7. The van der Waals surface area contributed by atoms with Crippen LogP contribution >= 0.6 is 22.9 Å². The molecule has 2 aromatic carbocycles. The molecule has 28 heavy (non-hydrogen) atoms. The number of thiophene rings is 1. The molecule has 144 valence electrons. The van der Waals surface area contributed by atoms with Crippen LogP contribution in [0, 0.1) is 6.92 Å². The molecule has 0 amide bonds. The molecule has 0 aliphatic carbocycles. The third-order valence-corrected chi connectivity index (χ3v) is 6.29. The Morgan fingerprint density at radius 3 is 2.64 bits per heavy atom. The average molecular weight is 413 g/mol. The Morgan fingerprint density at radius 1 is 1.18 bits per heavy atom. The van der Waals surface area contributed by atoms with E-state index < -0.39 is 0 Å². The van der Waals surface area contributed by atoms with Crippen molar-refractivity contribution >= 4 is 28.6 Å². The van der Waals surface area contributed by atoms with Gasteiger partial charge in [0, 0.05) is 33.6 Å². The minimum Gasteiger partial charge on any atom is -0.508 e. The maximum atomic E-state index is 10.4. The molecule has 1 aromatic heterocycles. The van der Waals surface area contributed by atoms with E-state index in [0.717, 1.165) is 22.6 Å². The zero-order valence-corrected chi connectivity index (χ0v) is 17.2. The van der Waals surface area contributed by atoms with Gasteiger partial charge in [0.2, 0.25) is 0 Å². The van der Waals surface area contributed by atoms with E-state index in [-0.39, 0.29) is 18.0 Å². The number of nitrogens with one attached hydrogen (secondary N) is 1. The van der Waals surface area contributed by atoms with Crippen LogP contribution in [0.4, 0.5) is 0 Å². The quantitative estimate of drug-likeness (QED) is 0.582. The SMILES string of the molecule is COc1ccc(C2=N[C@H](c3sccc3C)N[C@@H](c3cc(Cl)ccc3O)C2)cc1. The van der Waals surface area contributed by atoms with Crippen molar-refractivity contribution in [2.75, 3.05) is 7.11 Å². The average Bonchev–Trinajstić information content (AvgIpc) is 3.15. The molecule has 2 heterocycles. The molecule has 4 nitrogen and oxygen atoms in total. The fourth-order valence-corrected chi connectivity index (χ4v) is 4.57. The molecule has 0 saturated carbocycles. The Bertz CT molecular complexity index is 1010. The number of phenolic OH excluding ortho intramolecular Hbond substituents is 1. The van der Waals surface area contributed by atoms with Crippen LogP contribution in [-0.4, -0.2) is 17.9 Å². The van der Waals surface area contributed by atoms with E-state index in [1.165, 1.54) is 10.4 Å². The summed E-state index contributed by atoms with van der Waals surface area (Å²) in [5.74, 6) is 1.05. The zero-order chi connectivity index (χ0) is 19.7. The predicted molar refractivity (Wildman–Crippen MR) is 115 cm³/mol. The van der Waals surface area contributed by atoms with Crippen molar-refractivity contribution in [1.29, 1.82) is 0 Å². The lowest BCUT2D eigenvalue weighted by atomic mass is 9.94. The number of aliphatic imine (C=N–C) groups is 1. The fourth-order valence-electron chi connectivity index (χ4n) is 3.47. The van der Waals surface area contributed by atoms with Crippen LogP contribution in [0.25, 0.3) is 0 Å². The van der Waals surface area contributed by atoms with E-state index in [2.05, 4.69) is 23.7 Å². The maximum Gasteiger partial charge on any atom is 0.135 e. The highest BCUT2D eigenvalue weighted by Gasteiger charge is 2.29. The molecule has 2 N–H and O–H groups in total. The third kappa shape index (κ3) is 3.78. The Labute approximate surface area is 173 Å². The van der Waals surface area contributed by atoms with Gasteiger partial charge in [0.25, 0.3) is 0 Å². The standard InChI is InChI=1S/C22H21ClN2O2S/c1-13-9-10-28-21(13)22-24-18(14-3-6-16(27-2)7-4-14)12-19(25-22)17-11-15(23)5-8-20(17)26/h3-11,19,22,25-26H,12H2,1-2H3/t19-,22+/m1/s1. The van der Waals surface area contributed by atoms with Crippen molar-refractivity contribution in [3.05, 3.63) is 80.5 Å². The fraction of sp³-hybridized carbons (Fsp3) is 0.227. The summed E-state index contributed by atoms with van der Waals surface area (Å²) < 4.78 is 5.27. The predicted octanol–water partition coefficient (Wildman–Crippen LogP) is 5.65. The normalized spacial score (nSPS) is 19.3. The van der Waals surface area contributed by atoms with E-state index in [0.29, 0.717) is 11.4 Å². The Morgan fingerprint density at radius 2 is 1.96 bits per heavy atom. The molecular formula is C22H21ClN2O2S. The van der Waals surface area contributed by atoms with E-state index in [9.17, 15) is 5.11 Å². The van der Waals surface area contributed by atoms with Gasteiger partial charge in [-0.2, -0.15) is 0 Å². The van der Waals surface area contributed by atoms with Gasteiger partial charge in [-0.1, -0.05) is 11.6 Å². The first-order chi connectivity index (χ1) is 13.5. The molecular weight excluding hydrogens is 392 g/mol. The molecule has 6 heteroatoms. The van der Waals surface area contributed by atoms with Crippen molar-refractivity contribution in [2.24, 2.45) is 4.99 Å². The number of ether oxygens (including phenoxy) is 1. The number of halogens is 1. The smallest absolute Gasteiger partial charge is 0.135 e. The van der Waals surface area contributed by atoms with E-state index >= 15 is 0 Å². The van der Waals surface area contributed by atoms with Crippen LogP contribution in [0.3, 0.4) is 0 Å². The number of benzene rings is 2. The summed E-state index contributed by atoms with van der Waals surface area (Å²) >= 11 is 7.89. The van der Waals surface area contributed by atoms with Crippen molar-refractivity contribution in [1.82, 2.24) is 5.32 Å². The van der Waals surface area contributed by atoms with Gasteiger partial charge >= 0.3 is 0 Å². The second kappa shape index (κ2) is 7.95. The summed E-state index contributed by atoms with van der Waals surface area (Å²) in [5.41, 5.74) is 4.03. The van der Waals surface area contributed by atoms with Gasteiger partial charge in [0.05, 0.1) is 7.11 Å². The van der Waals surface area contributed by atoms with Crippen molar-refractivity contribution in [2.45, 2.75) is 25.6 Å². The molecule has 0 radical (unpaired) electrons. The summed E-state index contributed by atoms with van der Waals surface area (Å²) in [6.07, 6.45) is 0.482. The summed E-state index contributed by atoms with van der Waals surface area (Å²) in [6, 6.07) is 15.1. The van der Waals surface area contributed by atoms with Gasteiger partial charge in [-0.3, -0.25) is 10.3 Å². The third-order valence-electron chi connectivity index (χ3n) is 4.98. The minimum atomic E-state index is -0.172. The number of aryl methyl sites for hydroxylation is 1. The lowest BCUT2D eigenvalue weighted by molar-refractivity contribution is 0.413. The number of hydrogen-bond donors (Lipinski definition) is 2. The Balaban J connectivity index is 1.75. The lowest BCUT2D eigenvalue weighted by Crippen LogP contribution is -2.33. The number of nitrogens with zero attached hydrogens (tertiary/aromatic N) is 1. The Hall–Kier alpha value is -2.34. The van der Waals surface area contributed by atoms with Gasteiger partial charge in [-0.05, 0) is 72.0 Å². The van der Waals surface area contributed by atoms with Crippen LogP contribution in [0.1, 0.15) is 40.2 Å². The molecule has 4 rings (SSSR count).